The fourth-order valence-electron chi connectivity index (χ4n) is 2.46. The highest BCUT2D eigenvalue weighted by atomic mass is 16.2. The predicted octanol–water partition coefficient (Wildman–Crippen LogP) is 2.22. The number of piperidine rings is 1. The van der Waals surface area contributed by atoms with Gasteiger partial charge < -0.3 is 9.80 Å². The van der Waals surface area contributed by atoms with Crippen molar-refractivity contribution in [2.24, 2.45) is 11.8 Å². The number of hydrogen-bond acceptors (Lipinski definition) is 2. The molecule has 1 atom stereocenters. The van der Waals surface area contributed by atoms with E-state index in [1.807, 2.05) is 4.90 Å². The van der Waals surface area contributed by atoms with Gasteiger partial charge in [0, 0.05) is 19.6 Å². The second-order valence-corrected chi connectivity index (χ2v) is 5.70. The summed E-state index contributed by atoms with van der Waals surface area (Å²) < 4.78 is 0. The molecule has 0 aliphatic carbocycles. The molecule has 0 aromatic carbocycles. The Bertz CT molecular complexity index is 240. The molecule has 0 N–H and O–H groups in total. The van der Waals surface area contributed by atoms with E-state index in [9.17, 15) is 4.79 Å². The Balaban J connectivity index is 2.46. The molecule has 0 bridgehead atoms. The Morgan fingerprint density at radius 1 is 1.47 bits per heavy atom. The van der Waals surface area contributed by atoms with Crippen LogP contribution in [0.25, 0.3) is 0 Å². The highest BCUT2D eigenvalue weighted by Crippen LogP contribution is 2.18. The van der Waals surface area contributed by atoms with Crippen molar-refractivity contribution in [2.45, 2.75) is 40.0 Å². The summed E-state index contributed by atoms with van der Waals surface area (Å²) in [5, 5.41) is 0. The molecule has 0 aromatic rings. The van der Waals surface area contributed by atoms with E-state index >= 15 is 0 Å². The lowest BCUT2D eigenvalue weighted by Gasteiger charge is -2.33. The monoisotopic (exact) mass is 240 g/mol. The lowest BCUT2D eigenvalue weighted by atomic mass is 9.96. The highest BCUT2D eigenvalue weighted by Gasteiger charge is 2.27. The van der Waals surface area contributed by atoms with Gasteiger partial charge >= 0.3 is 0 Å². The molecule has 0 spiro atoms. The first-order valence-corrected chi connectivity index (χ1v) is 7.02. The van der Waals surface area contributed by atoms with Gasteiger partial charge in [-0.3, -0.25) is 4.79 Å². The quantitative estimate of drug-likeness (QED) is 0.735. The molecule has 1 amide bonds. The van der Waals surface area contributed by atoms with Crippen molar-refractivity contribution in [3.63, 3.8) is 0 Å². The number of likely N-dealkylation sites (tertiary alicyclic amines) is 1. The lowest BCUT2D eigenvalue weighted by molar-refractivity contribution is -0.137. The predicted molar refractivity (Wildman–Crippen MR) is 71.9 cm³/mol. The Hall–Kier alpha value is -0.570. The van der Waals surface area contributed by atoms with E-state index in [0.717, 1.165) is 45.4 Å². The van der Waals surface area contributed by atoms with Crippen LogP contribution in [0, 0.1) is 11.8 Å². The second-order valence-electron chi connectivity index (χ2n) is 5.70. The summed E-state index contributed by atoms with van der Waals surface area (Å²) >= 11 is 0. The van der Waals surface area contributed by atoms with E-state index < -0.39 is 0 Å². The smallest absolute Gasteiger partial charge is 0.226 e. The molecular formula is C14H28N2O. The SMILES string of the molecule is CCN(CCC(C)C)C(=O)C1CCCN(C)C1. The van der Waals surface area contributed by atoms with Crippen LogP contribution in [0.15, 0.2) is 0 Å². The molecule has 0 radical (unpaired) electrons. The first-order valence-electron chi connectivity index (χ1n) is 7.02. The fourth-order valence-corrected chi connectivity index (χ4v) is 2.46. The Morgan fingerprint density at radius 2 is 2.18 bits per heavy atom. The van der Waals surface area contributed by atoms with E-state index in [-0.39, 0.29) is 5.92 Å². The van der Waals surface area contributed by atoms with Crippen molar-refractivity contribution in [3.05, 3.63) is 0 Å². The summed E-state index contributed by atoms with van der Waals surface area (Å²) in [5.41, 5.74) is 0. The molecule has 3 heteroatoms. The maximum atomic E-state index is 12.4. The van der Waals surface area contributed by atoms with Crippen LogP contribution in [0.3, 0.4) is 0 Å². The van der Waals surface area contributed by atoms with Crippen LogP contribution in [-0.4, -0.2) is 48.9 Å². The molecule has 3 nitrogen and oxygen atoms in total. The van der Waals surface area contributed by atoms with E-state index in [2.05, 4.69) is 32.7 Å². The number of rotatable bonds is 5. The van der Waals surface area contributed by atoms with Crippen molar-refractivity contribution < 1.29 is 4.79 Å². The van der Waals surface area contributed by atoms with Crippen molar-refractivity contribution in [1.29, 1.82) is 0 Å². The van der Waals surface area contributed by atoms with Crippen molar-refractivity contribution in [1.82, 2.24) is 9.80 Å². The Labute approximate surface area is 106 Å². The molecular weight excluding hydrogens is 212 g/mol. The summed E-state index contributed by atoms with van der Waals surface area (Å²) in [6, 6.07) is 0. The summed E-state index contributed by atoms with van der Waals surface area (Å²) in [4.78, 5) is 16.7. The minimum Gasteiger partial charge on any atom is -0.343 e. The van der Waals surface area contributed by atoms with Gasteiger partial charge in [0.25, 0.3) is 0 Å². The lowest BCUT2D eigenvalue weighted by Crippen LogP contribution is -2.44. The summed E-state index contributed by atoms with van der Waals surface area (Å²) in [6.07, 6.45) is 3.35. The second kappa shape index (κ2) is 7.00. The van der Waals surface area contributed by atoms with Crippen LogP contribution in [0.2, 0.25) is 0 Å². The highest BCUT2D eigenvalue weighted by molar-refractivity contribution is 5.79. The van der Waals surface area contributed by atoms with Crippen LogP contribution in [0.4, 0.5) is 0 Å². The van der Waals surface area contributed by atoms with Gasteiger partial charge in [0.15, 0.2) is 0 Å². The first-order chi connectivity index (χ1) is 8.04. The Morgan fingerprint density at radius 3 is 2.71 bits per heavy atom. The summed E-state index contributed by atoms with van der Waals surface area (Å²) in [7, 11) is 2.11. The van der Waals surface area contributed by atoms with Crippen molar-refractivity contribution in [3.8, 4) is 0 Å². The number of nitrogens with zero attached hydrogens (tertiary/aromatic N) is 2. The third-order valence-electron chi connectivity index (χ3n) is 3.64. The molecule has 1 aliphatic rings. The van der Waals surface area contributed by atoms with E-state index in [4.69, 9.17) is 0 Å². The zero-order valence-corrected chi connectivity index (χ0v) is 11.9. The number of amides is 1. The molecule has 0 aromatic heterocycles. The first kappa shape index (κ1) is 14.5. The topological polar surface area (TPSA) is 23.6 Å². The van der Waals surface area contributed by atoms with Gasteiger partial charge in [0.1, 0.15) is 0 Å². The molecule has 1 rings (SSSR count). The molecule has 1 fully saturated rings. The summed E-state index contributed by atoms with van der Waals surface area (Å²) in [5.74, 6) is 1.28. The van der Waals surface area contributed by atoms with Gasteiger partial charge in [0.2, 0.25) is 5.91 Å². The van der Waals surface area contributed by atoms with E-state index in [0.29, 0.717) is 11.8 Å². The van der Waals surface area contributed by atoms with E-state index in [1.54, 1.807) is 0 Å². The zero-order valence-electron chi connectivity index (χ0n) is 11.9. The standard InChI is InChI=1S/C14H28N2O/c1-5-16(10-8-12(2)3)14(17)13-7-6-9-15(4)11-13/h12-13H,5-11H2,1-4H3. The van der Waals surface area contributed by atoms with Gasteiger partial charge in [-0.15, -0.1) is 0 Å². The molecule has 1 aliphatic heterocycles. The Kier molecular flexibility index (Phi) is 5.96. The van der Waals surface area contributed by atoms with Crippen LogP contribution < -0.4 is 0 Å². The molecule has 100 valence electrons. The molecule has 17 heavy (non-hydrogen) atoms. The third kappa shape index (κ3) is 4.66. The average molecular weight is 240 g/mol. The third-order valence-corrected chi connectivity index (χ3v) is 3.64. The minimum absolute atomic E-state index is 0.237. The van der Waals surface area contributed by atoms with Crippen molar-refractivity contribution in [2.75, 3.05) is 33.2 Å². The fraction of sp³-hybridized carbons (Fsp3) is 0.929. The maximum Gasteiger partial charge on any atom is 0.226 e. The van der Waals surface area contributed by atoms with Gasteiger partial charge in [-0.1, -0.05) is 13.8 Å². The maximum absolute atomic E-state index is 12.4. The zero-order chi connectivity index (χ0) is 12.8. The van der Waals surface area contributed by atoms with Gasteiger partial charge in [-0.25, -0.2) is 0 Å². The summed E-state index contributed by atoms with van der Waals surface area (Å²) in [6.45, 7) is 10.4. The van der Waals surface area contributed by atoms with Crippen LogP contribution in [0.1, 0.15) is 40.0 Å². The molecule has 1 heterocycles. The molecule has 1 saturated heterocycles. The number of carbonyl (C=O) groups excluding carboxylic acids is 1. The molecule has 0 saturated carbocycles. The van der Waals surface area contributed by atoms with Crippen LogP contribution >= 0.6 is 0 Å². The van der Waals surface area contributed by atoms with Crippen molar-refractivity contribution >= 4 is 5.91 Å². The van der Waals surface area contributed by atoms with Crippen LogP contribution in [0.5, 0.6) is 0 Å². The minimum atomic E-state index is 0.237. The average Bonchev–Trinajstić information content (AvgIpc) is 2.29. The van der Waals surface area contributed by atoms with E-state index in [1.165, 1.54) is 0 Å². The normalized spacial score (nSPS) is 21.8. The largest absolute Gasteiger partial charge is 0.343 e. The van der Waals surface area contributed by atoms with Crippen LogP contribution in [-0.2, 0) is 4.79 Å². The van der Waals surface area contributed by atoms with Gasteiger partial charge in [0.05, 0.1) is 5.92 Å². The number of hydrogen-bond donors (Lipinski definition) is 0. The molecule has 1 unspecified atom stereocenters. The van der Waals surface area contributed by atoms with Gasteiger partial charge in [-0.2, -0.15) is 0 Å². The number of carbonyl (C=O) groups is 1. The van der Waals surface area contributed by atoms with Gasteiger partial charge in [-0.05, 0) is 45.7 Å².